The van der Waals surface area contributed by atoms with Crippen LogP contribution in [0.5, 0.6) is 0 Å². The summed E-state index contributed by atoms with van der Waals surface area (Å²) in [5.41, 5.74) is 8.45. The zero-order valence-corrected chi connectivity index (χ0v) is 12.8. The summed E-state index contributed by atoms with van der Waals surface area (Å²) in [6, 6.07) is 7.04. The number of thiazole rings is 1. The molecule has 3 rings (SSSR count). The van der Waals surface area contributed by atoms with Crippen LogP contribution in [-0.4, -0.2) is 29.0 Å². The fourth-order valence-electron chi connectivity index (χ4n) is 2.55. The van der Waals surface area contributed by atoms with Gasteiger partial charge in [-0.05, 0) is 50.6 Å². The molecule has 1 fully saturated rings. The molecular weight excluding hydrogens is 278 g/mol. The predicted molar refractivity (Wildman–Crippen MR) is 84.1 cm³/mol. The molecular formula is C14H20ClN3S. The third kappa shape index (κ3) is 3.45. The number of hydrogen-bond donors (Lipinski definition) is 1. The molecule has 0 atom stereocenters. The first-order chi connectivity index (χ1) is 8.70. The van der Waals surface area contributed by atoms with Gasteiger partial charge in [0.05, 0.1) is 15.2 Å². The van der Waals surface area contributed by atoms with Gasteiger partial charge in [-0.2, -0.15) is 0 Å². The lowest BCUT2D eigenvalue weighted by Gasteiger charge is -2.30. The van der Waals surface area contributed by atoms with Gasteiger partial charge in [-0.15, -0.1) is 23.7 Å². The molecule has 0 spiro atoms. The number of hydrogen-bond acceptors (Lipinski definition) is 4. The molecule has 1 saturated heterocycles. The van der Waals surface area contributed by atoms with Crippen molar-refractivity contribution in [2.24, 2.45) is 5.73 Å². The van der Waals surface area contributed by atoms with Crippen molar-refractivity contribution in [3.8, 4) is 0 Å². The van der Waals surface area contributed by atoms with E-state index in [2.05, 4.69) is 35.0 Å². The molecule has 0 saturated carbocycles. The Bertz CT molecular complexity index is 547. The Labute approximate surface area is 124 Å². The Balaban J connectivity index is 0.00000133. The number of nitrogens with two attached hydrogens (primary N) is 1. The normalized spacial score (nSPS) is 17.6. The van der Waals surface area contributed by atoms with E-state index in [0.717, 1.165) is 43.0 Å². The van der Waals surface area contributed by atoms with Gasteiger partial charge in [0.2, 0.25) is 0 Å². The molecule has 0 amide bonds. The summed E-state index contributed by atoms with van der Waals surface area (Å²) >= 11 is 1.78. The van der Waals surface area contributed by atoms with Crippen LogP contribution in [0.1, 0.15) is 23.4 Å². The van der Waals surface area contributed by atoms with Gasteiger partial charge in [-0.1, -0.05) is 6.07 Å². The second-order valence-electron chi connectivity index (χ2n) is 5.15. The van der Waals surface area contributed by atoms with Crippen molar-refractivity contribution in [1.82, 2.24) is 9.88 Å². The number of rotatable bonds is 2. The Hall–Kier alpha value is -0.680. The minimum absolute atomic E-state index is 0. The minimum Gasteiger partial charge on any atom is -0.328 e. The molecule has 0 aliphatic carbocycles. The summed E-state index contributed by atoms with van der Waals surface area (Å²) < 4.78 is 1.30. The predicted octanol–water partition coefficient (Wildman–Crippen LogP) is 2.95. The van der Waals surface area contributed by atoms with Crippen LogP contribution in [0.25, 0.3) is 10.2 Å². The van der Waals surface area contributed by atoms with E-state index in [-0.39, 0.29) is 12.4 Å². The van der Waals surface area contributed by atoms with E-state index in [1.165, 1.54) is 10.3 Å². The lowest BCUT2D eigenvalue weighted by atomic mass is 10.1. The summed E-state index contributed by atoms with van der Waals surface area (Å²) in [7, 11) is 0. The van der Waals surface area contributed by atoms with Crippen LogP contribution in [-0.2, 0) is 6.54 Å². The summed E-state index contributed by atoms with van der Waals surface area (Å²) in [4.78, 5) is 7.00. The zero-order valence-electron chi connectivity index (χ0n) is 11.1. The van der Waals surface area contributed by atoms with E-state index >= 15 is 0 Å². The van der Waals surface area contributed by atoms with Crippen molar-refractivity contribution in [3.05, 3.63) is 28.8 Å². The van der Waals surface area contributed by atoms with Gasteiger partial charge in [0, 0.05) is 12.6 Å². The number of piperidine rings is 1. The highest BCUT2D eigenvalue weighted by atomic mass is 35.5. The monoisotopic (exact) mass is 297 g/mol. The standard InChI is InChI=1S/C14H19N3S.ClH/c1-10-16-13-3-2-11(8-14(13)18-10)9-17-6-4-12(15)5-7-17;/h2-3,8,12H,4-7,9,15H2,1H3;1H. The van der Waals surface area contributed by atoms with Gasteiger partial charge in [-0.25, -0.2) is 4.98 Å². The molecule has 1 aromatic carbocycles. The first-order valence-corrected chi connectivity index (χ1v) is 7.36. The lowest BCUT2D eigenvalue weighted by Crippen LogP contribution is -2.39. The summed E-state index contributed by atoms with van der Waals surface area (Å²) in [6.45, 7) is 5.36. The van der Waals surface area contributed by atoms with Crippen molar-refractivity contribution >= 4 is 34.0 Å². The topological polar surface area (TPSA) is 42.2 Å². The largest absolute Gasteiger partial charge is 0.328 e. The van der Waals surface area contributed by atoms with Crippen molar-refractivity contribution in [1.29, 1.82) is 0 Å². The molecule has 19 heavy (non-hydrogen) atoms. The van der Waals surface area contributed by atoms with E-state index in [1.807, 2.05) is 0 Å². The molecule has 1 aromatic heterocycles. The SMILES string of the molecule is Cc1nc2ccc(CN3CCC(N)CC3)cc2s1.Cl. The Morgan fingerprint density at radius 1 is 1.37 bits per heavy atom. The Kier molecular flexibility index (Phi) is 4.79. The summed E-state index contributed by atoms with van der Waals surface area (Å²) in [6.07, 6.45) is 2.25. The van der Waals surface area contributed by atoms with Crippen LogP contribution in [0.15, 0.2) is 18.2 Å². The second-order valence-corrected chi connectivity index (χ2v) is 6.38. The van der Waals surface area contributed by atoms with Crippen LogP contribution < -0.4 is 5.73 Å². The van der Waals surface area contributed by atoms with Crippen molar-refractivity contribution < 1.29 is 0 Å². The fourth-order valence-corrected chi connectivity index (χ4v) is 3.44. The number of likely N-dealkylation sites (tertiary alicyclic amines) is 1. The van der Waals surface area contributed by atoms with Gasteiger partial charge in [0.15, 0.2) is 0 Å². The average Bonchev–Trinajstić information content (AvgIpc) is 2.71. The highest BCUT2D eigenvalue weighted by Crippen LogP contribution is 2.23. The van der Waals surface area contributed by atoms with Gasteiger partial charge >= 0.3 is 0 Å². The number of nitrogens with zero attached hydrogens (tertiary/aromatic N) is 2. The maximum Gasteiger partial charge on any atom is 0.0907 e. The molecule has 5 heteroatoms. The maximum atomic E-state index is 5.93. The number of aryl methyl sites for hydroxylation is 1. The molecule has 3 nitrogen and oxygen atoms in total. The average molecular weight is 298 g/mol. The molecule has 1 aliphatic rings. The van der Waals surface area contributed by atoms with Gasteiger partial charge in [0.25, 0.3) is 0 Å². The molecule has 0 radical (unpaired) electrons. The van der Waals surface area contributed by atoms with Crippen LogP contribution in [0.3, 0.4) is 0 Å². The minimum atomic E-state index is 0. The van der Waals surface area contributed by atoms with E-state index in [1.54, 1.807) is 11.3 Å². The first kappa shape index (κ1) is 14.7. The third-order valence-electron chi connectivity index (χ3n) is 3.60. The molecule has 1 aliphatic heterocycles. The highest BCUT2D eigenvalue weighted by Gasteiger charge is 2.16. The lowest BCUT2D eigenvalue weighted by molar-refractivity contribution is 0.206. The molecule has 0 bridgehead atoms. The van der Waals surface area contributed by atoms with E-state index < -0.39 is 0 Å². The van der Waals surface area contributed by atoms with Crippen molar-refractivity contribution in [2.45, 2.75) is 32.4 Å². The van der Waals surface area contributed by atoms with Crippen LogP contribution in [0.4, 0.5) is 0 Å². The Morgan fingerprint density at radius 3 is 2.84 bits per heavy atom. The second kappa shape index (κ2) is 6.18. The number of fused-ring (bicyclic) bond motifs is 1. The van der Waals surface area contributed by atoms with Crippen LogP contribution in [0.2, 0.25) is 0 Å². The van der Waals surface area contributed by atoms with Crippen molar-refractivity contribution in [2.75, 3.05) is 13.1 Å². The fraction of sp³-hybridized carbons (Fsp3) is 0.500. The van der Waals surface area contributed by atoms with Gasteiger partial charge in [-0.3, -0.25) is 4.90 Å². The highest BCUT2D eigenvalue weighted by molar-refractivity contribution is 7.18. The number of halogens is 1. The maximum absolute atomic E-state index is 5.93. The molecule has 2 heterocycles. The first-order valence-electron chi connectivity index (χ1n) is 6.55. The van der Waals surface area contributed by atoms with Gasteiger partial charge < -0.3 is 5.73 Å². The molecule has 104 valence electrons. The zero-order chi connectivity index (χ0) is 12.5. The van der Waals surface area contributed by atoms with Crippen LogP contribution >= 0.6 is 23.7 Å². The van der Waals surface area contributed by atoms with E-state index in [0.29, 0.717) is 6.04 Å². The molecule has 0 unspecified atom stereocenters. The Morgan fingerprint density at radius 2 is 2.11 bits per heavy atom. The summed E-state index contributed by atoms with van der Waals surface area (Å²) in [5.74, 6) is 0. The number of aromatic nitrogens is 1. The molecule has 2 aromatic rings. The quantitative estimate of drug-likeness (QED) is 0.927. The summed E-state index contributed by atoms with van der Waals surface area (Å²) in [5, 5.41) is 1.14. The smallest absolute Gasteiger partial charge is 0.0907 e. The molecule has 2 N–H and O–H groups in total. The van der Waals surface area contributed by atoms with Gasteiger partial charge in [0.1, 0.15) is 0 Å². The number of benzene rings is 1. The van der Waals surface area contributed by atoms with Crippen LogP contribution in [0, 0.1) is 6.92 Å². The third-order valence-corrected chi connectivity index (χ3v) is 4.53. The van der Waals surface area contributed by atoms with E-state index in [9.17, 15) is 0 Å². The van der Waals surface area contributed by atoms with E-state index in [4.69, 9.17) is 5.73 Å². The van der Waals surface area contributed by atoms with Crippen molar-refractivity contribution in [3.63, 3.8) is 0 Å².